The summed E-state index contributed by atoms with van der Waals surface area (Å²) in [5, 5.41) is 3.02. The van der Waals surface area contributed by atoms with Gasteiger partial charge in [-0.1, -0.05) is 23.5 Å². The summed E-state index contributed by atoms with van der Waals surface area (Å²) in [7, 11) is -3.32. The topological polar surface area (TPSA) is 110 Å². The second-order valence-corrected chi connectivity index (χ2v) is 9.84. The van der Waals surface area contributed by atoms with Crippen LogP contribution in [0.3, 0.4) is 0 Å². The fraction of sp³-hybridized carbons (Fsp3) is 0.278. The van der Waals surface area contributed by atoms with Crippen molar-refractivity contribution in [2.45, 2.75) is 26.4 Å². The molecule has 0 aliphatic heterocycles. The van der Waals surface area contributed by atoms with Crippen molar-refractivity contribution in [2.24, 2.45) is 0 Å². The number of fused-ring (bicyclic) bond motifs is 1. The minimum Gasteiger partial charge on any atom is -0.444 e. The third kappa shape index (κ3) is 5.40. The van der Waals surface area contributed by atoms with Gasteiger partial charge in [0.1, 0.15) is 15.9 Å². The SMILES string of the molecule is CC(C)(C)OC(=O)Nc1nc2ccc(-c3ccc(NS(C)(=O)=O)cc3)nc2s1. The van der Waals surface area contributed by atoms with Gasteiger partial charge in [-0.05, 0) is 45.0 Å². The number of thiazole rings is 1. The maximum atomic E-state index is 11.9. The fourth-order valence-electron chi connectivity index (χ4n) is 2.35. The van der Waals surface area contributed by atoms with Crippen LogP contribution in [-0.2, 0) is 14.8 Å². The first-order valence-corrected chi connectivity index (χ1v) is 11.1. The van der Waals surface area contributed by atoms with Gasteiger partial charge < -0.3 is 4.74 Å². The molecule has 148 valence electrons. The molecular formula is C18H20N4O4S2. The predicted octanol–water partition coefficient (Wildman–Crippen LogP) is 4.08. The van der Waals surface area contributed by atoms with Crippen LogP contribution >= 0.6 is 11.3 Å². The van der Waals surface area contributed by atoms with Gasteiger partial charge in [-0.25, -0.2) is 23.2 Å². The van der Waals surface area contributed by atoms with Crippen LogP contribution in [0.2, 0.25) is 0 Å². The van der Waals surface area contributed by atoms with E-state index in [-0.39, 0.29) is 0 Å². The van der Waals surface area contributed by atoms with E-state index in [1.807, 2.05) is 12.1 Å². The molecule has 0 spiro atoms. The molecular weight excluding hydrogens is 400 g/mol. The van der Waals surface area contributed by atoms with Crippen LogP contribution in [0.25, 0.3) is 21.6 Å². The molecule has 1 aromatic carbocycles. The summed E-state index contributed by atoms with van der Waals surface area (Å²) in [5.41, 5.74) is 2.09. The molecule has 8 nitrogen and oxygen atoms in total. The standard InChI is InChI=1S/C18H20N4O4S2/c1-18(2,3)26-17(23)21-16-20-14-10-9-13(19-15(14)27-16)11-5-7-12(8-6-11)22-28(4,24)25/h5-10,22H,1-4H3,(H,20,21,23). The highest BCUT2D eigenvalue weighted by atomic mass is 32.2. The Kier molecular flexibility index (Phi) is 5.26. The predicted molar refractivity (Wildman–Crippen MR) is 111 cm³/mol. The molecule has 3 aromatic rings. The molecule has 0 radical (unpaired) electrons. The minimum absolute atomic E-state index is 0.404. The van der Waals surface area contributed by atoms with Gasteiger partial charge in [-0.15, -0.1) is 0 Å². The first-order valence-electron chi connectivity index (χ1n) is 8.34. The highest BCUT2D eigenvalue weighted by Gasteiger charge is 2.18. The number of carbonyl (C=O) groups excluding carboxylic acids is 1. The summed E-state index contributed by atoms with van der Waals surface area (Å²) in [6, 6.07) is 10.5. The van der Waals surface area contributed by atoms with Crippen LogP contribution in [-0.4, -0.2) is 36.3 Å². The van der Waals surface area contributed by atoms with Crippen LogP contribution < -0.4 is 10.0 Å². The molecule has 3 rings (SSSR count). The first kappa shape index (κ1) is 20.0. The molecule has 0 fully saturated rings. The van der Waals surface area contributed by atoms with Crippen LogP contribution in [0.5, 0.6) is 0 Å². The van der Waals surface area contributed by atoms with Gasteiger partial charge in [0, 0.05) is 11.3 Å². The van der Waals surface area contributed by atoms with Crippen molar-refractivity contribution in [1.29, 1.82) is 0 Å². The lowest BCUT2D eigenvalue weighted by Gasteiger charge is -2.18. The van der Waals surface area contributed by atoms with Gasteiger partial charge in [0.2, 0.25) is 10.0 Å². The molecule has 0 aliphatic carbocycles. The Bertz CT molecular complexity index is 1120. The Morgan fingerprint density at radius 3 is 2.36 bits per heavy atom. The third-order valence-corrected chi connectivity index (χ3v) is 4.83. The smallest absolute Gasteiger partial charge is 0.413 e. The molecule has 2 heterocycles. The average Bonchev–Trinajstić information content (AvgIpc) is 2.93. The van der Waals surface area contributed by atoms with Gasteiger partial charge in [0.05, 0.1) is 11.9 Å². The monoisotopic (exact) mass is 420 g/mol. The summed E-state index contributed by atoms with van der Waals surface area (Å²) in [5.74, 6) is 0. The van der Waals surface area contributed by atoms with Crippen molar-refractivity contribution in [3.05, 3.63) is 36.4 Å². The molecule has 0 bridgehead atoms. The summed E-state index contributed by atoms with van der Waals surface area (Å²) >= 11 is 1.25. The number of amides is 1. The van der Waals surface area contributed by atoms with Gasteiger partial charge in [0.15, 0.2) is 5.13 Å². The number of rotatable bonds is 4. The number of anilines is 2. The number of hydrogen-bond acceptors (Lipinski definition) is 7. The molecule has 28 heavy (non-hydrogen) atoms. The number of pyridine rings is 1. The van der Waals surface area contributed by atoms with E-state index in [1.54, 1.807) is 45.0 Å². The Morgan fingerprint density at radius 1 is 1.07 bits per heavy atom. The van der Waals surface area contributed by atoms with E-state index in [1.165, 1.54) is 11.3 Å². The molecule has 0 atom stereocenters. The number of aromatic nitrogens is 2. The maximum absolute atomic E-state index is 11.9. The van der Waals surface area contributed by atoms with Crippen LogP contribution in [0.4, 0.5) is 15.6 Å². The minimum atomic E-state index is -3.32. The van der Waals surface area contributed by atoms with E-state index in [9.17, 15) is 13.2 Å². The Labute approximate surface area is 167 Å². The van der Waals surface area contributed by atoms with Crippen molar-refractivity contribution < 1.29 is 17.9 Å². The van der Waals surface area contributed by atoms with E-state index in [2.05, 4.69) is 20.0 Å². The molecule has 0 saturated carbocycles. The zero-order valence-electron chi connectivity index (χ0n) is 15.8. The lowest BCUT2D eigenvalue weighted by Crippen LogP contribution is -2.27. The molecule has 2 N–H and O–H groups in total. The average molecular weight is 421 g/mol. The molecule has 0 unspecified atom stereocenters. The quantitative estimate of drug-likeness (QED) is 0.658. The van der Waals surface area contributed by atoms with Crippen molar-refractivity contribution >= 4 is 48.6 Å². The van der Waals surface area contributed by atoms with Crippen molar-refractivity contribution in [2.75, 3.05) is 16.3 Å². The first-order chi connectivity index (χ1) is 13.0. The largest absolute Gasteiger partial charge is 0.444 e. The van der Waals surface area contributed by atoms with E-state index in [0.29, 0.717) is 26.9 Å². The van der Waals surface area contributed by atoms with E-state index >= 15 is 0 Å². The number of ether oxygens (including phenoxy) is 1. The summed E-state index contributed by atoms with van der Waals surface area (Å²) < 4.78 is 30.2. The number of carbonyl (C=O) groups is 1. The second kappa shape index (κ2) is 7.36. The Hall–Kier alpha value is -2.72. The van der Waals surface area contributed by atoms with E-state index < -0.39 is 21.7 Å². The van der Waals surface area contributed by atoms with Gasteiger partial charge in [0.25, 0.3) is 0 Å². The highest BCUT2D eigenvalue weighted by molar-refractivity contribution is 7.92. The Morgan fingerprint density at radius 2 is 1.75 bits per heavy atom. The molecule has 2 aromatic heterocycles. The molecule has 10 heteroatoms. The summed E-state index contributed by atoms with van der Waals surface area (Å²) in [6.45, 7) is 5.36. The van der Waals surface area contributed by atoms with Crippen LogP contribution in [0, 0.1) is 0 Å². The van der Waals surface area contributed by atoms with Crippen LogP contribution in [0.15, 0.2) is 36.4 Å². The zero-order valence-corrected chi connectivity index (χ0v) is 17.4. The second-order valence-electron chi connectivity index (χ2n) is 7.12. The summed E-state index contributed by atoms with van der Waals surface area (Å²) in [6.07, 6.45) is 0.532. The van der Waals surface area contributed by atoms with Crippen molar-refractivity contribution in [3.8, 4) is 11.3 Å². The Balaban J connectivity index is 1.80. The van der Waals surface area contributed by atoms with Gasteiger partial charge >= 0.3 is 6.09 Å². The summed E-state index contributed by atoms with van der Waals surface area (Å²) in [4.78, 5) is 21.5. The maximum Gasteiger partial charge on any atom is 0.413 e. The zero-order chi connectivity index (χ0) is 20.5. The normalized spacial score (nSPS) is 12.0. The molecule has 0 aliphatic rings. The fourth-order valence-corrected chi connectivity index (χ4v) is 3.73. The third-order valence-electron chi connectivity index (χ3n) is 3.35. The number of nitrogens with zero attached hydrogens (tertiary/aromatic N) is 2. The highest BCUT2D eigenvalue weighted by Crippen LogP contribution is 2.28. The number of nitrogens with one attached hydrogen (secondary N) is 2. The number of benzene rings is 1. The van der Waals surface area contributed by atoms with Crippen molar-refractivity contribution in [3.63, 3.8) is 0 Å². The van der Waals surface area contributed by atoms with Crippen molar-refractivity contribution in [1.82, 2.24) is 9.97 Å². The molecule has 1 amide bonds. The van der Waals surface area contributed by atoms with E-state index in [0.717, 1.165) is 11.8 Å². The van der Waals surface area contributed by atoms with Gasteiger partial charge in [-0.2, -0.15) is 0 Å². The lowest BCUT2D eigenvalue weighted by molar-refractivity contribution is 0.0636. The molecule has 0 saturated heterocycles. The lowest BCUT2D eigenvalue weighted by atomic mass is 10.1. The number of sulfonamides is 1. The van der Waals surface area contributed by atoms with Crippen LogP contribution in [0.1, 0.15) is 20.8 Å². The van der Waals surface area contributed by atoms with Gasteiger partial charge in [-0.3, -0.25) is 10.0 Å². The number of hydrogen-bond donors (Lipinski definition) is 2. The van der Waals surface area contributed by atoms with E-state index in [4.69, 9.17) is 4.74 Å².